The molecular weight excluding hydrogens is 364 g/mol. The number of aromatic nitrogens is 2. The molecule has 0 saturated carbocycles. The van der Waals surface area contributed by atoms with Crippen molar-refractivity contribution in [2.75, 3.05) is 0 Å². The number of benzene rings is 2. The zero-order valence-corrected chi connectivity index (χ0v) is 13.8. The first-order valence-electron chi connectivity index (χ1n) is 7.74. The Hall–Kier alpha value is -3.36. The summed E-state index contributed by atoms with van der Waals surface area (Å²) in [5.74, 6) is -1.38. The number of nitrogens with one attached hydrogen (secondary N) is 1. The van der Waals surface area contributed by atoms with Crippen LogP contribution in [0.25, 0.3) is 11.3 Å². The topological polar surface area (TPSA) is 87.9 Å². The normalized spacial score (nSPS) is 11.6. The Morgan fingerprint density at radius 2 is 1.67 bits per heavy atom. The Morgan fingerprint density at radius 1 is 1.07 bits per heavy atom. The van der Waals surface area contributed by atoms with Gasteiger partial charge in [0.2, 0.25) is 11.8 Å². The molecule has 0 aliphatic carbocycles. The van der Waals surface area contributed by atoms with Crippen LogP contribution in [0.4, 0.5) is 17.6 Å². The number of aromatic hydroxyl groups is 1. The molecule has 140 valence electrons. The lowest BCUT2D eigenvalue weighted by Crippen LogP contribution is -2.21. The molecule has 0 saturated heterocycles. The van der Waals surface area contributed by atoms with Gasteiger partial charge in [0, 0.05) is 17.5 Å². The van der Waals surface area contributed by atoms with Crippen molar-refractivity contribution in [1.29, 1.82) is 5.41 Å². The molecule has 0 bridgehead atoms. The largest absolute Gasteiger partial charge is 0.493 e. The van der Waals surface area contributed by atoms with E-state index in [0.29, 0.717) is 11.1 Å². The van der Waals surface area contributed by atoms with Crippen molar-refractivity contribution in [2.24, 2.45) is 5.73 Å². The number of halogens is 4. The molecule has 0 aliphatic rings. The molecule has 3 aromatic rings. The average Bonchev–Trinajstić information content (AvgIpc) is 2.93. The van der Waals surface area contributed by atoms with Crippen molar-refractivity contribution in [1.82, 2.24) is 9.78 Å². The van der Waals surface area contributed by atoms with Gasteiger partial charge in [-0.1, -0.05) is 24.3 Å². The van der Waals surface area contributed by atoms with Crippen molar-refractivity contribution >= 4 is 5.96 Å². The van der Waals surface area contributed by atoms with Crippen molar-refractivity contribution < 1.29 is 22.7 Å². The highest BCUT2D eigenvalue weighted by Gasteiger charge is 2.30. The first-order valence-corrected chi connectivity index (χ1v) is 7.74. The summed E-state index contributed by atoms with van der Waals surface area (Å²) in [5, 5.41) is 21.9. The van der Waals surface area contributed by atoms with Gasteiger partial charge in [0.05, 0.1) is 5.56 Å². The Labute approximate surface area is 151 Å². The molecule has 0 radical (unpaired) electrons. The highest BCUT2D eigenvalue weighted by Crippen LogP contribution is 2.34. The van der Waals surface area contributed by atoms with Crippen LogP contribution in [0.2, 0.25) is 0 Å². The fraction of sp³-hybridized carbons (Fsp3) is 0.111. The zero-order chi connectivity index (χ0) is 19.8. The summed E-state index contributed by atoms with van der Waals surface area (Å²) in [6.45, 7) is 0. The van der Waals surface area contributed by atoms with E-state index in [1.165, 1.54) is 36.4 Å². The number of nitrogen functional groups attached to an aromatic ring is 1. The van der Waals surface area contributed by atoms with Crippen LogP contribution in [0.15, 0.2) is 48.5 Å². The molecule has 0 unspecified atom stereocenters. The molecule has 5 nitrogen and oxygen atoms in total. The van der Waals surface area contributed by atoms with Crippen LogP contribution in [0.1, 0.15) is 16.7 Å². The molecule has 4 N–H and O–H groups in total. The summed E-state index contributed by atoms with van der Waals surface area (Å²) in [6, 6.07) is 9.78. The van der Waals surface area contributed by atoms with E-state index in [4.69, 9.17) is 11.1 Å². The van der Waals surface area contributed by atoms with E-state index in [-0.39, 0.29) is 17.7 Å². The molecule has 3 rings (SSSR count). The van der Waals surface area contributed by atoms with Crippen LogP contribution in [-0.2, 0) is 12.6 Å². The maximum atomic E-state index is 13.1. The highest BCUT2D eigenvalue weighted by molar-refractivity contribution is 5.80. The van der Waals surface area contributed by atoms with E-state index in [0.717, 1.165) is 16.8 Å². The first-order chi connectivity index (χ1) is 12.7. The Balaban J connectivity index is 2.07. The van der Waals surface area contributed by atoms with Crippen molar-refractivity contribution in [2.45, 2.75) is 12.6 Å². The van der Waals surface area contributed by atoms with Gasteiger partial charge in [-0.05, 0) is 29.8 Å². The molecule has 0 amide bonds. The third-order valence-corrected chi connectivity index (χ3v) is 3.96. The minimum absolute atomic E-state index is 0.121. The number of nitrogens with two attached hydrogens (primary N) is 1. The molecule has 0 aliphatic heterocycles. The lowest BCUT2D eigenvalue weighted by molar-refractivity contribution is -0.137. The van der Waals surface area contributed by atoms with Gasteiger partial charge < -0.3 is 10.8 Å². The van der Waals surface area contributed by atoms with Gasteiger partial charge in [-0.25, -0.2) is 4.39 Å². The molecule has 1 aromatic heterocycles. The van der Waals surface area contributed by atoms with Gasteiger partial charge in [-0.3, -0.25) is 5.41 Å². The second-order valence-electron chi connectivity index (χ2n) is 5.83. The molecule has 0 atom stereocenters. The number of hydrogen-bond acceptors (Lipinski definition) is 3. The molecule has 9 heteroatoms. The smallest absolute Gasteiger partial charge is 0.416 e. The van der Waals surface area contributed by atoms with Crippen LogP contribution < -0.4 is 5.73 Å². The van der Waals surface area contributed by atoms with Crippen LogP contribution in [-0.4, -0.2) is 20.8 Å². The van der Waals surface area contributed by atoms with Crippen LogP contribution in [0.3, 0.4) is 0 Å². The lowest BCUT2D eigenvalue weighted by Gasteiger charge is -2.08. The standard InChI is InChI=1S/C18H14F4N4O/c19-13-7-1-10(2-8-13)9-14-15(25-26(16(14)27)17(23)24)11-3-5-12(6-4-11)18(20,21)22/h1-8,27H,9H2,(H3,23,24). The number of alkyl halides is 3. The minimum atomic E-state index is -4.48. The van der Waals surface area contributed by atoms with Gasteiger partial charge in [0.25, 0.3) is 0 Å². The van der Waals surface area contributed by atoms with E-state index >= 15 is 0 Å². The summed E-state index contributed by atoms with van der Waals surface area (Å²) < 4.78 is 52.2. The predicted molar refractivity (Wildman–Crippen MR) is 90.8 cm³/mol. The predicted octanol–water partition coefficient (Wildman–Crippen LogP) is 3.75. The zero-order valence-electron chi connectivity index (χ0n) is 13.8. The van der Waals surface area contributed by atoms with Gasteiger partial charge in [-0.15, -0.1) is 0 Å². The fourth-order valence-electron chi connectivity index (χ4n) is 2.63. The molecule has 27 heavy (non-hydrogen) atoms. The number of rotatable bonds is 3. The molecule has 1 heterocycles. The van der Waals surface area contributed by atoms with Gasteiger partial charge in [0.15, 0.2) is 0 Å². The Kier molecular flexibility index (Phi) is 4.61. The van der Waals surface area contributed by atoms with Crippen molar-refractivity contribution in [3.05, 3.63) is 71.0 Å². The summed E-state index contributed by atoms with van der Waals surface area (Å²) in [6.07, 6.45) is -4.36. The second kappa shape index (κ2) is 6.75. The summed E-state index contributed by atoms with van der Waals surface area (Å²) in [5.41, 5.74) is 5.98. The summed E-state index contributed by atoms with van der Waals surface area (Å²) >= 11 is 0. The SMILES string of the molecule is N=C(N)n1nc(-c2ccc(C(F)(F)F)cc2)c(Cc2ccc(F)cc2)c1O. The minimum Gasteiger partial charge on any atom is -0.493 e. The van der Waals surface area contributed by atoms with E-state index in [9.17, 15) is 22.7 Å². The highest BCUT2D eigenvalue weighted by atomic mass is 19.4. The number of nitrogens with zero attached hydrogens (tertiary/aromatic N) is 2. The third kappa shape index (κ3) is 3.76. The van der Waals surface area contributed by atoms with Crippen molar-refractivity contribution in [3.63, 3.8) is 0 Å². The molecule has 0 spiro atoms. The quantitative estimate of drug-likeness (QED) is 0.369. The summed E-state index contributed by atoms with van der Waals surface area (Å²) in [7, 11) is 0. The fourth-order valence-corrected chi connectivity index (χ4v) is 2.63. The third-order valence-electron chi connectivity index (χ3n) is 3.96. The van der Waals surface area contributed by atoms with Gasteiger partial charge >= 0.3 is 6.18 Å². The van der Waals surface area contributed by atoms with E-state index < -0.39 is 29.4 Å². The van der Waals surface area contributed by atoms with E-state index in [1.807, 2.05) is 0 Å². The van der Waals surface area contributed by atoms with Gasteiger partial charge in [-0.2, -0.15) is 23.0 Å². The Morgan fingerprint density at radius 3 is 2.19 bits per heavy atom. The van der Waals surface area contributed by atoms with Crippen LogP contribution >= 0.6 is 0 Å². The van der Waals surface area contributed by atoms with Crippen molar-refractivity contribution in [3.8, 4) is 17.1 Å². The monoisotopic (exact) mass is 378 g/mol. The van der Waals surface area contributed by atoms with Crippen LogP contribution in [0, 0.1) is 11.2 Å². The Bertz CT molecular complexity index is 976. The summed E-state index contributed by atoms with van der Waals surface area (Å²) in [4.78, 5) is 0. The molecular formula is C18H14F4N4O. The average molecular weight is 378 g/mol. The molecule has 0 fully saturated rings. The van der Waals surface area contributed by atoms with E-state index in [1.54, 1.807) is 0 Å². The molecule has 2 aromatic carbocycles. The lowest BCUT2D eigenvalue weighted by atomic mass is 10.0. The van der Waals surface area contributed by atoms with Gasteiger partial charge in [0.1, 0.15) is 11.5 Å². The first kappa shape index (κ1) is 18.4. The number of hydrogen-bond donors (Lipinski definition) is 3. The van der Waals surface area contributed by atoms with E-state index in [2.05, 4.69) is 5.10 Å². The maximum absolute atomic E-state index is 13.1. The second-order valence-corrected chi connectivity index (χ2v) is 5.83. The maximum Gasteiger partial charge on any atom is 0.416 e. The van der Waals surface area contributed by atoms with Crippen LogP contribution in [0.5, 0.6) is 5.88 Å².